The monoisotopic (exact) mass is 490 g/mol. The third kappa shape index (κ3) is 11.3. The maximum Gasteiger partial charge on any atom is 0.306 e. The van der Waals surface area contributed by atoms with Crippen LogP contribution in [0.15, 0.2) is 23.8 Å². The van der Waals surface area contributed by atoms with Gasteiger partial charge >= 0.3 is 11.9 Å². The summed E-state index contributed by atoms with van der Waals surface area (Å²) in [5.74, 6) is 0.382. The molecule has 0 spiro atoms. The van der Waals surface area contributed by atoms with Crippen molar-refractivity contribution in [3.05, 3.63) is 23.8 Å². The number of ether oxygens (including phenoxy) is 4. The summed E-state index contributed by atoms with van der Waals surface area (Å²) >= 11 is 0. The molecule has 5 atom stereocenters. The first kappa shape index (κ1) is 27.9. The number of epoxide rings is 2. The number of hydrogen-bond donors (Lipinski definition) is 0. The van der Waals surface area contributed by atoms with Gasteiger partial charge in [-0.05, 0) is 56.3 Å². The molecule has 6 heteroatoms. The fourth-order valence-electron chi connectivity index (χ4n) is 4.86. The first-order chi connectivity index (χ1) is 17.1. The molecule has 2 aliphatic heterocycles. The highest BCUT2D eigenvalue weighted by atomic mass is 16.6. The second-order valence-electron chi connectivity index (χ2n) is 10.4. The molecule has 2 saturated heterocycles. The zero-order valence-corrected chi connectivity index (χ0v) is 21.9. The van der Waals surface area contributed by atoms with Gasteiger partial charge in [-0.2, -0.15) is 0 Å². The van der Waals surface area contributed by atoms with Crippen molar-refractivity contribution in [2.75, 3.05) is 26.4 Å². The van der Waals surface area contributed by atoms with Crippen LogP contribution in [-0.2, 0) is 28.5 Å². The quantitative estimate of drug-likeness (QED) is 0.115. The molecular weight excluding hydrogens is 444 g/mol. The normalized spacial score (nSPS) is 29.8. The highest BCUT2D eigenvalue weighted by Crippen LogP contribution is 2.37. The number of esters is 2. The Labute approximate surface area is 211 Å². The molecule has 5 unspecified atom stereocenters. The van der Waals surface area contributed by atoms with E-state index >= 15 is 0 Å². The van der Waals surface area contributed by atoms with Gasteiger partial charge in [0.2, 0.25) is 0 Å². The summed E-state index contributed by atoms with van der Waals surface area (Å²) in [6.45, 7) is 6.51. The van der Waals surface area contributed by atoms with Gasteiger partial charge in [-0.25, -0.2) is 0 Å². The molecule has 2 heterocycles. The Morgan fingerprint density at radius 3 is 2.29 bits per heavy atom. The van der Waals surface area contributed by atoms with Crippen LogP contribution < -0.4 is 0 Å². The van der Waals surface area contributed by atoms with E-state index < -0.39 is 0 Å². The molecule has 0 N–H and O–H groups in total. The molecule has 3 rings (SSSR count). The van der Waals surface area contributed by atoms with Crippen molar-refractivity contribution in [2.24, 2.45) is 17.8 Å². The van der Waals surface area contributed by atoms with Crippen LogP contribution in [0, 0.1) is 17.8 Å². The molecule has 0 bridgehead atoms. The van der Waals surface area contributed by atoms with Crippen LogP contribution in [0.1, 0.15) is 90.9 Å². The highest BCUT2D eigenvalue weighted by molar-refractivity contribution is 5.71. The lowest BCUT2D eigenvalue weighted by Crippen LogP contribution is -2.24. The predicted octanol–water partition coefficient (Wildman–Crippen LogP) is 5.94. The lowest BCUT2D eigenvalue weighted by atomic mass is 9.75. The molecular formula is C29H46O6. The van der Waals surface area contributed by atoms with E-state index in [-0.39, 0.29) is 36.0 Å². The van der Waals surface area contributed by atoms with Gasteiger partial charge in [0, 0.05) is 6.42 Å². The van der Waals surface area contributed by atoms with Crippen LogP contribution in [0.2, 0.25) is 0 Å². The number of rotatable bonds is 16. The van der Waals surface area contributed by atoms with E-state index in [1.54, 1.807) is 0 Å². The van der Waals surface area contributed by atoms with E-state index in [1.807, 2.05) is 0 Å². The fourth-order valence-corrected chi connectivity index (χ4v) is 4.86. The first-order valence-corrected chi connectivity index (χ1v) is 14.0. The number of allylic oxidation sites excluding steroid dienone is 4. The van der Waals surface area contributed by atoms with Gasteiger partial charge in [0.15, 0.2) is 0 Å². The van der Waals surface area contributed by atoms with Gasteiger partial charge in [-0.1, -0.05) is 63.3 Å². The van der Waals surface area contributed by atoms with Crippen molar-refractivity contribution in [1.82, 2.24) is 0 Å². The Bertz CT molecular complexity index is 706. The highest BCUT2D eigenvalue weighted by Gasteiger charge is 2.31. The van der Waals surface area contributed by atoms with Crippen molar-refractivity contribution in [3.63, 3.8) is 0 Å². The van der Waals surface area contributed by atoms with Gasteiger partial charge < -0.3 is 18.9 Å². The Morgan fingerprint density at radius 2 is 1.63 bits per heavy atom. The third-order valence-corrected chi connectivity index (χ3v) is 7.30. The summed E-state index contributed by atoms with van der Waals surface area (Å²) in [6.07, 6.45) is 18.9. The standard InChI is InChI=1S/C29H46O6/c1-3-5-7-8-10-23-13-11-22(9-6-4-2)12-14-24(15-16-28(30)34-20-25-18-32-25)27(23)17-29(31)35-21-26-19-33-26/h10,12,14,22,24-27H,3-9,11,13,15-21H2,1-2H3/b14-12-,23-10+. The van der Waals surface area contributed by atoms with Crippen molar-refractivity contribution < 1.29 is 28.5 Å². The van der Waals surface area contributed by atoms with Crippen molar-refractivity contribution in [2.45, 2.75) is 103 Å². The SMILES string of the molecule is CCCCC/C=C1\CCC(CCCC)/C=C\C(CCC(=O)OCC2CO2)C1CC(=O)OCC1CO1. The van der Waals surface area contributed by atoms with E-state index in [4.69, 9.17) is 18.9 Å². The zero-order valence-electron chi connectivity index (χ0n) is 21.9. The molecule has 6 nitrogen and oxygen atoms in total. The maximum atomic E-state index is 12.8. The summed E-state index contributed by atoms with van der Waals surface area (Å²) in [4.78, 5) is 25.2. The van der Waals surface area contributed by atoms with Crippen LogP contribution in [0.25, 0.3) is 0 Å². The van der Waals surface area contributed by atoms with Crippen molar-refractivity contribution >= 4 is 11.9 Å². The summed E-state index contributed by atoms with van der Waals surface area (Å²) in [5, 5.41) is 0. The predicted molar refractivity (Wildman–Crippen MR) is 136 cm³/mol. The van der Waals surface area contributed by atoms with Gasteiger partial charge in [-0.3, -0.25) is 9.59 Å². The summed E-state index contributed by atoms with van der Waals surface area (Å²) < 4.78 is 21.3. The summed E-state index contributed by atoms with van der Waals surface area (Å²) in [5.41, 5.74) is 1.37. The smallest absolute Gasteiger partial charge is 0.306 e. The second kappa shape index (κ2) is 15.5. The number of carbonyl (C=O) groups excluding carboxylic acids is 2. The van der Waals surface area contributed by atoms with Crippen LogP contribution in [0.5, 0.6) is 0 Å². The molecule has 1 aliphatic carbocycles. The molecule has 0 aromatic heterocycles. The van der Waals surface area contributed by atoms with E-state index in [2.05, 4.69) is 32.1 Å². The minimum absolute atomic E-state index is 0.0622. The molecule has 2 fully saturated rings. The van der Waals surface area contributed by atoms with Gasteiger partial charge in [0.1, 0.15) is 25.4 Å². The first-order valence-electron chi connectivity index (χ1n) is 14.0. The topological polar surface area (TPSA) is 77.7 Å². The Kier molecular flexibility index (Phi) is 12.3. The van der Waals surface area contributed by atoms with E-state index in [1.165, 1.54) is 44.1 Å². The van der Waals surface area contributed by atoms with Crippen LogP contribution in [-0.4, -0.2) is 50.6 Å². The Morgan fingerprint density at radius 1 is 0.943 bits per heavy atom. The van der Waals surface area contributed by atoms with Crippen LogP contribution in [0.3, 0.4) is 0 Å². The average molecular weight is 491 g/mol. The Balaban J connectivity index is 1.71. The molecule has 0 amide bonds. The molecule has 0 radical (unpaired) electrons. The minimum atomic E-state index is -0.181. The molecule has 35 heavy (non-hydrogen) atoms. The average Bonchev–Trinajstić information content (AvgIpc) is 3.76. The zero-order chi connectivity index (χ0) is 24.9. The molecule has 0 saturated carbocycles. The molecule has 3 aliphatic rings. The molecule has 0 aromatic rings. The summed E-state index contributed by atoms with van der Waals surface area (Å²) in [6, 6.07) is 0. The van der Waals surface area contributed by atoms with E-state index in [9.17, 15) is 9.59 Å². The fraction of sp³-hybridized carbons (Fsp3) is 0.793. The van der Waals surface area contributed by atoms with Crippen molar-refractivity contribution in [1.29, 1.82) is 0 Å². The van der Waals surface area contributed by atoms with Gasteiger partial charge in [0.05, 0.1) is 19.6 Å². The molecule has 198 valence electrons. The van der Waals surface area contributed by atoms with Crippen LogP contribution >= 0.6 is 0 Å². The molecule has 0 aromatic carbocycles. The number of hydrogen-bond acceptors (Lipinski definition) is 6. The second-order valence-corrected chi connectivity index (χ2v) is 10.4. The van der Waals surface area contributed by atoms with Crippen LogP contribution in [0.4, 0.5) is 0 Å². The van der Waals surface area contributed by atoms with E-state index in [0.29, 0.717) is 51.6 Å². The van der Waals surface area contributed by atoms with Gasteiger partial charge in [-0.15, -0.1) is 0 Å². The lowest BCUT2D eigenvalue weighted by Gasteiger charge is -2.30. The van der Waals surface area contributed by atoms with Crippen molar-refractivity contribution in [3.8, 4) is 0 Å². The summed E-state index contributed by atoms with van der Waals surface area (Å²) in [7, 11) is 0. The Hall–Kier alpha value is -1.66. The largest absolute Gasteiger partial charge is 0.463 e. The number of unbranched alkanes of at least 4 members (excludes halogenated alkanes) is 4. The maximum absolute atomic E-state index is 12.8. The van der Waals surface area contributed by atoms with Gasteiger partial charge in [0.25, 0.3) is 0 Å². The van der Waals surface area contributed by atoms with E-state index in [0.717, 1.165) is 19.3 Å². The minimum Gasteiger partial charge on any atom is -0.463 e. The lowest BCUT2D eigenvalue weighted by molar-refractivity contribution is -0.145. The number of carbonyl (C=O) groups is 2. The third-order valence-electron chi connectivity index (χ3n) is 7.30.